The van der Waals surface area contributed by atoms with Crippen molar-refractivity contribution in [1.29, 1.82) is 0 Å². The van der Waals surface area contributed by atoms with Gasteiger partial charge >= 0.3 is 6.03 Å². The molecule has 0 bridgehead atoms. The second kappa shape index (κ2) is 7.45. The van der Waals surface area contributed by atoms with E-state index in [4.69, 9.17) is 4.74 Å². The van der Waals surface area contributed by atoms with Crippen LogP contribution >= 0.6 is 0 Å². The van der Waals surface area contributed by atoms with Crippen molar-refractivity contribution < 1.29 is 13.9 Å². The number of nitrogens with one attached hydrogen (secondary N) is 2. The van der Waals surface area contributed by atoms with Crippen molar-refractivity contribution in [2.24, 2.45) is 0 Å². The fourth-order valence-corrected chi connectivity index (χ4v) is 1.96. The van der Waals surface area contributed by atoms with Gasteiger partial charge in [0.1, 0.15) is 11.6 Å². The van der Waals surface area contributed by atoms with Gasteiger partial charge in [-0.1, -0.05) is 24.3 Å². The number of carbonyl (C=O) groups excluding carboxylic acids is 1. The number of urea groups is 1. The fraction of sp³-hybridized carbons (Fsp3) is 0.235. The quantitative estimate of drug-likeness (QED) is 0.891. The number of rotatable bonds is 5. The summed E-state index contributed by atoms with van der Waals surface area (Å²) in [4.78, 5) is 11.7. The summed E-state index contributed by atoms with van der Waals surface area (Å²) < 4.78 is 18.5. The van der Waals surface area contributed by atoms with Crippen molar-refractivity contribution in [2.75, 3.05) is 7.11 Å². The molecule has 2 aromatic carbocycles. The molecule has 0 unspecified atom stereocenters. The predicted molar refractivity (Wildman–Crippen MR) is 83.2 cm³/mol. The third kappa shape index (κ3) is 4.48. The van der Waals surface area contributed by atoms with Crippen LogP contribution in [0.5, 0.6) is 5.75 Å². The van der Waals surface area contributed by atoms with Crippen LogP contribution in [0.15, 0.2) is 42.5 Å². The molecule has 5 heteroatoms. The van der Waals surface area contributed by atoms with Gasteiger partial charge in [0.15, 0.2) is 0 Å². The largest absolute Gasteiger partial charge is 0.497 e. The van der Waals surface area contributed by atoms with E-state index in [1.807, 2.05) is 24.3 Å². The Bertz CT molecular complexity index is 659. The number of carbonyl (C=O) groups is 1. The van der Waals surface area contributed by atoms with Crippen molar-refractivity contribution >= 4 is 6.03 Å². The Morgan fingerprint density at radius 3 is 2.41 bits per heavy atom. The summed E-state index contributed by atoms with van der Waals surface area (Å²) in [6.07, 6.45) is 0. The third-order valence-corrected chi connectivity index (χ3v) is 3.28. The molecule has 116 valence electrons. The van der Waals surface area contributed by atoms with E-state index < -0.39 is 0 Å². The van der Waals surface area contributed by atoms with Crippen molar-refractivity contribution in [1.82, 2.24) is 10.6 Å². The van der Waals surface area contributed by atoms with E-state index in [1.165, 1.54) is 6.07 Å². The third-order valence-electron chi connectivity index (χ3n) is 3.28. The lowest BCUT2D eigenvalue weighted by Gasteiger charge is -2.09. The summed E-state index contributed by atoms with van der Waals surface area (Å²) in [6, 6.07) is 12.1. The van der Waals surface area contributed by atoms with Crippen LogP contribution in [0.25, 0.3) is 0 Å². The highest BCUT2D eigenvalue weighted by atomic mass is 19.1. The molecule has 0 spiro atoms. The standard InChI is InChI=1S/C17H19FN2O2/c1-12-6-7-14(9-16(12)18)11-20-17(21)19-10-13-4-3-5-15(8-13)22-2/h3-9H,10-11H2,1-2H3,(H2,19,20,21). The second-order valence-electron chi connectivity index (χ2n) is 4.97. The van der Waals surface area contributed by atoms with E-state index >= 15 is 0 Å². The molecule has 0 heterocycles. The second-order valence-corrected chi connectivity index (χ2v) is 4.97. The van der Waals surface area contributed by atoms with Gasteiger partial charge in [-0.25, -0.2) is 9.18 Å². The Balaban J connectivity index is 1.81. The van der Waals surface area contributed by atoms with Crippen molar-refractivity contribution in [3.8, 4) is 5.75 Å². The summed E-state index contributed by atoms with van der Waals surface area (Å²) in [7, 11) is 1.60. The van der Waals surface area contributed by atoms with Crippen LogP contribution < -0.4 is 15.4 Å². The van der Waals surface area contributed by atoms with Crippen LogP contribution in [-0.2, 0) is 13.1 Å². The summed E-state index contributed by atoms with van der Waals surface area (Å²) >= 11 is 0. The lowest BCUT2D eigenvalue weighted by Crippen LogP contribution is -2.34. The fourth-order valence-electron chi connectivity index (χ4n) is 1.96. The van der Waals surface area contributed by atoms with Gasteiger partial charge in [-0.15, -0.1) is 0 Å². The zero-order valence-electron chi connectivity index (χ0n) is 12.7. The van der Waals surface area contributed by atoms with Gasteiger partial charge in [0.25, 0.3) is 0 Å². The van der Waals surface area contributed by atoms with E-state index in [1.54, 1.807) is 26.2 Å². The SMILES string of the molecule is COc1cccc(CNC(=O)NCc2ccc(C)c(F)c2)c1. The van der Waals surface area contributed by atoms with Crippen LogP contribution in [0.3, 0.4) is 0 Å². The van der Waals surface area contributed by atoms with Gasteiger partial charge in [-0.05, 0) is 41.8 Å². The molecule has 22 heavy (non-hydrogen) atoms. The molecular weight excluding hydrogens is 283 g/mol. The van der Waals surface area contributed by atoms with Gasteiger partial charge in [-0.2, -0.15) is 0 Å². The Kier molecular flexibility index (Phi) is 5.36. The highest BCUT2D eigenvalue weighted by molar-refractivity contribution is 5.73. The van der Waals surface area contributed by atoms with Gasteiger partial charge < -0.3 is 15.4 Å². The lowest BCUT2D eigenvalue weighted by molar-refractivity contribution is 0.240. The average molecular weight is 302 g/mol. The van der Waals surface area contributed by atoms with Gasteiger partial charge in [0.2, 0.25) is 0 Å². The number of halogens is 1. The monoisotopic (exact) mass is 302 g/mol. The van der Waals surface area contributed by atoms with E-state index in [9.17, 15) is 9.18 Å². The molecule has 2 rings (SSSR count). The first-order valence-corrected chi connectivity index (χ1v) is 6.98. The highest BCUT2D eigenvalue weighted by Gasteiger charge is 2.03. The van der Waals surface area contributed by atoms with Gasteiger partial charge in [-0.3, -0.25) is 0 Å². The van der Waals surface area contributed by atoms with Crippen molar-refractivity contribution in [3.05, 3.63) is 65.0 Å². The molecule has 0 aliphatic carbocycles. The molecule has 0 saturated heterocycles. The van der Waals surface area contributed by atoms with E-state index in [2.05, 4.69) is 10.6 Å². The molecule has 0 radical (unpaired) electrons. The average Bonchev–Trinajstić information content (AvgIpc) is 2.54. The molecule has 0 aromatic heterocycles. The van der Waals surface area contributed by atoms with Crippen LogP contribution in [0.4, 0.5) is 9.18 Å². The highest BCUT2D eigenvalue weighted by Crippen LogP contribution is 2.12. The predicted octanol–water partition coefficient (Wildman–Crippen LogP) is 3.14. The van der Waals surface area contributed by atoms with Crippen LogP contribution in [-0.4, -0.2) is 13.1 Å². The first-order valence-electron chi connectivity index (χ1n) is 6.98. The summed E-state index contributed by atoms with van der Waals surface area (Å²) in [5.74, 6) is 0.478. The summed E-state index contributed by atoms with van der Waals surface area (Å²) in [5, 5.41) is 5.44. The molecule has 0 saturated carbocycles. The smallest absolute Gasteiger partial charge is 0.315 e. The zero-order chi connectivity index (χ0) is 15.9. The molecule has 0 aliphatic heterocycles. The van der Waals surface area contributed by atoms with Gasteiger partial charge in [0, 0.05) is 13.1 Å². The maximum absolute atomic E-state index is 13.4. The molecule has 2 N–H and O–H groups in total. The number of hydrogen-bond acceptors (Lipinski definition) is 2. The Labute approximate surface area is 129 Å². The molecule has 2 aromatic rings. The molecule has 0 aliphatic rings. The maximum atomic E-state index is 13.4. The minimum atomic E-state index is -0.302. The molecule has 4 nitrogen and oxygen atoms in total. The number of aryl methyl sites for hydroxylation is 1. The molecule has 2 amide bonds. The number of benzene rings is 2. The van der Waals surface area contributed by atoms with E-state index in [-0.39, 0.29) is 18.4 Å². The van der Waals surface area contributed by atoms with E-state index in [0.29, 0.717) is 12.1 Å². The van der Waals surface area contributed by atoms with Crippen molar-refractivity contribution in [2.45, 2.75) is 20.0 Å². The van der Waals surface area contributed by atoms with Crippen LogP contribution in [0.2, 0.25) is 0 Å². The van der Waals surface area contributed by atoms with Gasteiger partial charge in [0.05, 0.1) is 7.11 Å². The minimum Gasteiger partial charge on any atom is -0.497 e. The first kappa shape index (κ1) is 15.8. The molecule has 0 atom stereocenters. The zero-order valence-corrected chi connectivity index (χ0v) is 12.7. The number of ether oxygens (including phenoxy) is 1. The first-order chi connectivity index (χ1) is 10.6. The van der Waals surface area contributed by atoms with Crippen molar-refractivity contribution in [3.63, 3.8) is 0 Å². The summed E-state index contributed by atoms with van der Waals surface area (Å²) in [5.41, 5.74) is 2.25. The van der Waals surface area contributed by atoms with Crippen LogP contribution in [0, 0.1) is 12.7 Å². The Morgan fingerprint density at radius 2 is 1.77 bits per heavy atom. The maximum Gasteiger partial charge on any atom is 0.315 e. The molecular formula is C17H19FN2O2. The number of methoxy groups -OCH3 is 1. The normalized spacial score (nSPS) is 10.1. The number of amides is 2. The number of hydrogen-bond donors (Lipinski definition) is 2. The van der Waals surface area contributed by atoms with E-state index in [0.717, 1.165) is 16.9 Å². The lowest BCUT2D eigenvalue weighted by atomic mass is 10.1. The molecule has 0 fully saturated rings. The summed E-state index contributed by atoms with van der Waals surface area (Å²) in [6.45, 7) is 2.37. The van der Waals surface area contributed by atoms with Crippen LogP contribution in [0.1, 0.15) is 16.7 Å². The minimum absolute atomic E-state index is 0.268. The Morgan fingerprint density at radius 1 is 1.09 bits per heavy atom. The topological polar surface area (TPSA) is 50.4 Å². The Hall–Kier alpha value is -2.56.